The first-order valence-electron chi connectivity index (χ1n) is 8.81. The third-order valence-electron chi connectivity index (χ3n) is 4.89. The van der Waals surface area contributed by atoms with Crippen molar-refractivity contribution in [2.45, 2.75) is 33.2 Å². The zero-order chi connectivity index (χ0) is 19.8. The van der Waals surface area contributed by atoms with E-state index >= 15 is 0 Å². The van der Waals surface area contributed by atoms with Crippen LogP contribution < -0.4 is 5.32 Å². The number of anilines is 2. The molecule has 1 amide bonds. The van der Waals surface area contributed by atoms with Gasteiger partial charge in [0.2, 0.25) is 0 Å². The number of carbonyl (C=O) groups excluding carboxylic acids is 1. The molecule has 1 aliphatic heterocycles. The molecule has 0 bridgehead atoms. The number of sulfone groups is 1. The number of carbonyl (C=O) groups is 1. The molecule has 1 unspecified atom stereocenters. The summed E-state index contributed by atoms with van der Waals surface area (Å²) in [6.07, 6.45) is 1.80. The largest absolute Gasteiger partial charge is 0.340 e. The van der Waals surface area contributed by atoms with Crippen LogP contribution in [0, 0.1) is 20.8 Å². The first kappa shape index (κ1) is 19.3. The van der Waals surface area contributed by atoms with Gasteiger partial charge in [-0.15, -0.1) is 0 Å². The topological polar surface area (TPSA) is 92.3 Å². The second kappa shape index (κ2) is 7.26. The van der Waals surface area contributed by atoms with Crippen LogP contribution in [-0.2, 0) is 9.84 Å². The van der Waals surface area contributed by atoms with E-state index in [0.717, 1.165) is 16.8 Å². The normalized spacial score (nSPS) is 18.3. The smallest absolute Gasteiger partial charge is 0.272 e. The SMILES string of the molecule is Cc1cc(C)c(Nc2cc(C(=O)N(C)C3CCS(=O)(=O)C3)ncn2)c(C)c1. The average Bonchev–Trinajstić information content (AvgIpc) is 2.97. The molecule has 1 N–H and O–H groups in total. The number of aryl methyl sites for hydroxylation is 3. The molecule has 1 aromatic carbocycles. The van der Waals surface area contributed by atoms with E-state index in [1.165, 1.54) is 16.8 Å². The van der Waals surface area contributed by atoms with Gasteiger partial charge in [0.15, 0.2) is 9.84 Å². The van der Waals surface area contributed by atoms with Crippen LogP contribution in [0.2, 0.25) is 0 Å². The van der Waals surface area contributed by atoms with Crippen LogP contribution in [0.1, 0.15) is 33.6 Å². The van der Waals surface area contributed by atoms with Crippen LogP contribution in [0.15, 0.2) is 24.5 Å². The summed E-state index contributed by atoms with van der Waals surface area (Å²) in [6, 6.07) is 5.45. The van der Waals surface area contributed by atoms with Crippen LogP contribution in [0.25, 0.3) is 0 Å². The molecule has 1 fully saturated rings. The Kier molecular flexibility index (Phi) is 5.19. The Morgan fingerprint density at radius 1 is 1.15 bits per heavy atom. The fourth-order valence-corrected chi connectivity index (χ4v) is 5.25. The third kappa shape index (κ3) is 4.27. The minimum absolute atomic E-state index is 0.00713. The monoisotopic (exact) mass is 388 g/mol. The Bertz CT molecular complexity index is 965. The van der Waals surface area contributed by atoms with E-state index in [1.807, 2.05) is 20.8 Å². The van der Waals surface area contributed by atoms with Crippen molar-refractivity contribution >= 4 is 27.2 Å². The van der Waals surface area contributed by atoms with Crippen molar-refractivity contribution in [1.29, 1.82) is 0 Å². The molecule has 2 aromatic rings. The van der Waals surface area contributed by atoms with Crippen molar-refractivity contribution in [2.24, 2.45) is 0 Å². The molecule has 2 heterocycles. The molecule has 0 aliphatic carbocycles. The molecule has 3 rings (SSSR count). The van der Waals surface area contributed by atoms with Crippen molar-refractivity contribution in [2.75, 3.05) is 23.9 Å². The summed E-state index contributed by atoms with van der Waals surface area (Å²) in [5.41, 5.74) is 4.55. The van der Waals surface area contributed by atoms with E-state index in [9.17, 15) is 13.2 Å². The van der Waals surface area contributed by atoms with Crippen molar-refractivity contribution < 1.29 is 13.2 Å². The van der Waals surface area contributed by atoms with Gasteiger partial charge in [0.05, 0.1) is 11.5 Å². The number of hydrogen-bond acceptors (Lipinski definition) is 6. The molecule has 1 saturated heterocycles. The highest BCUT2D eigenvalue weighted by molar-refractivity contribution is 7.91. The second-order valence-electron chi connectivity index (χ2n) is 7.16. The van der Waals surface area contributed by atoms with Crippen molar-refractivity contribution in [3.05, 3.63) is 46.9 Å². The van der Waals surface area contributed by atoms with E-state index in [1.54, 1.807) is 13.1 Å². The van der Waals surface area contributed by atoms with E-state index in [0.29, 0.717) is 12.2 Å². The van der Waals surface area contributed by atoms with Gasteiger partial charge in [0, 0.05) is 24.8 Å². The lowest BCUT2D eigenvalue weighted by molar-refractivity contribution is 0.0741. The Labute approximate surface area is 159 Å². The van der Waals surface area contributed by atoms with Crippen LogP contribution in [0.3, 0.4) is 0 Å². The fourth-order valence-electron chi connectivity index (χ4n) is 3.48. The molecule has 0 spiro atoms. The zero-order valence-electron chi connectivity index (χ0n) is 16.0. The van der Waals surface area contributed by atoms with Gasteiger partial charge in [-0.05, 0) is 38.3 Å². The maximum Gasteiger partial charge on any atom is 0.272 e. The summed E-state index contributed by atoms with van der Waals surface area (Å²) < 4.78 is 23.4. The zero-order valence-corrected chi connectivity index (χ0v) is 16.8. The van der Waals surface area contributed by atoms with E-state index in [2.05, 4.69) is 27.4 Å². The molecule has 1 aliphatic rings. The number of nitrogens with one attached hydrogen (secondary N) is 1. The minimum atomic E-state index is -3.06. The van der Waals surface area contributed by atoms with Crippen LogP contribution in [0.4, 0.5) is 11.5 Å². The quantitative estimate of drug-likeness (QED) is 0.865. The van der Waals surface area contributed by atoms with Crippen molar-refractivity contribution in [1.82, 2.24) is 14.9 Å². The fraction of sp³-hybridized carbons (Fsp3) is 0.421. The second-order valence-corrected chi connectivity index (χ2v) is 9.39. The van der Waals surface area contributed by atoms with Gasteiger partial charge >= 0.3 is 0 Å². The maximum atomic E-state index is 12.7. The molecule has 8 heteroatoms. The Morgan fingerprint density at radius 2 is 1.81 bits per heavy atom. The van der Waals surface area contributed by atoms with Crippen molar-refractivity contribution in [3.8, 4) is 0 Å². The molecule has 0 saturated carbocycles. The highest BCUT2D eigenvalue weighted by Crippen LogP contribution is 2.25. The molecule has 1 atom stereocenters. The van der Waals surface area contributed by atoms with Gasteiger partial charge < -0.3 is 10.2 Å². The number of benzene rings is 1. The lowest BCUT2D eigenvalue weighted by Gasteiger charge is -2.23. The van der Waals surface area contributed by atoms with Crippen LogP contribution >= 0.6 is 0 Å². The molecular formula is C19H24N4O3S. The van der Waals surface area contributed by atoms with E-state index in [-0.39, 0.29) is 29.1 Å². The Hall–Kier alpha value is -2.48. The minimum Gasteiger partial charge on any atom is -0.340 e. The lowest BCUT2D eigenvalue weighted by atomic mass is 10.1. The summed E-state index contributed by atoms with van der Waals surface area (Å²) in [6.45, 7) is 6.08. The highest BCUT2D eigenvalue weighted by Gasteiger charge is 2.33. The number of nitrogens with zero attached hydrogens (tertiary/aromatic N) is 3. The van der Waals surface area contributed by atoms with Gasteiger partial charge in [-0.3, -0.25) is 4.79 Å². The summed E-state index contributed by atoms with van der Waals surface area (Å²) in [7, 11) is -1.43. The number of hydrogen-bond donors (Lipinski definition) is 1. The van der Waals surface area contributed by atoms with Gasteiger partial charge in [-0.2, -0.15) is 0 Å². The summed E-state index contributed by atoms with van der Waals surface area (Å²) in [5.74, 6) is 0.348. The Balaban J connectivity index is 1.80. The standard InChI is InChI=1S/C19H24N4O3S/c1-12-7-13(2)18(14(3)8-12)22-17-9-16(20-11-21-17)19(24)23(4)15-5-6-27(25,26)10-15/h7-9,11,15H,5-6,10H2,1-4H3,(H,20,21,22). The van der Waals surface area contributed by atoms with E-state index in [4.69, 9.17) is 0 Å². The van der Waals surface area contributed by atoms with Gasteiger partial charge in [-0.25, -0.2) is 18.4 Å². The maximum absolute atomic E-state index is 12.7. The van der Waals surface area contributed by atoms with Gasteiger partial charge in [-0.1, -0.05) is 17.7 Å². The van der Waals surface area contributed by atoms with Gasteiger partial charge in [0.1, 0.15) is 17.8 Å². The predicted octanol–water partition coefficient (Wildman–Crippen LogP) is 2.40. The summed E-state index contributed by atoms with van der Waals surface area (Å²) >= 11 is 0. The molecule has 27 heavy (non-hydrogen) atoms. The van der Waals surface area contributed by atoms with Crippen molar-refractivity contribution in [3.63, 3.8) is 0 Å². The lowest BCUT2D eigenvalue weighted by Crippen LogP contribution is -2.38. The molecule has 7 nitrogen and oxygen atoms in total. The highest BCUT2D eigenvalue weighted by atomic mass is 32.2. The average molecular weight is 388 g/mol. The van der Waals surface area contributed by atoms with Crippen LogP contribution in [-0.4, -0.2) is 53.8 Å². The summed E-state index contributed by atoms with van der Waals surface area (Å²) in [4.78, 5) is 22.5. The molecular weight excluding hydrogens is 364 g/mol. The number of rotatable bonds is 4. The first-order valence-corrected chi connectivity index (χ1v) is 10.6. The number of amides is 1. The first-order chi connectivity index (χ1) is 12.7. The number of aromatic nitrogens is 2. The third-order valence-corrected chi connectivity index (χ3v) is 6.64. The molecule has 1 aromatic heterocycles. The predicted molar refractivity (Wildman–Crippen MR) is 105 cm³/mol. The molecule has 0 radical (unpaired) electrons. The van der Waals surface area contributed by atoms with E-state index < -0.39 is 9.84 Å². The van der Waals surface area contributed by atoms with Gasteiger partial charge in [0.25, 0.3) is 5.91 Å². The summed E-state index contributed by atoms with van der Waals surface area (Å²) in [5, 5.41) is 3.27. The van der Waals surface area contributed by atoms with Crippen LogP contribution in [0.5, 0.6) is 0 Å². The molecule has 144 valence electrons. The Morgan fingerprint density at radius 3 is 2.41 bits per heavy atom.